The Labute approximate surface area is 106 Å². The van der Waals surface area contributed by atoms with E-state index >= 15 is 0 Å². The first kappa shape index (κ1) is 12.2. The number of nitrogens with zero attached hydrogens (tertiary/aromatic N) is 4. The zero-order chi connectivity index (χ0) is 13.6. The fourth-order valence-electron chi connectivity index (χ4n) is 2.16. The fourth-order valence-corrected chi connectivity index (χ4v) is 2.16. The molecule has 0 aromatic carbocycles. The average Bonchev–Trinajstić information content (AvgIpc) is 2.94. The molecule has 0 aliphatic carbocycles. The highest BCUT2D eigenvalue weighted by atomic mass is 19.1. The maximum Gasteiger partial charge on any atom is 0.196 e. The number of nitrogen functional groups attached to an aromatic ring is 1. The number of imidazole rings is 1. The molecule has 0 unspecified atom stereocenters. The molecule has 0 saturated carbocycles. The van der Waals surface area contributed by atoms with E-state index in [1.807, 2.05) is 0 Å². The molecule has 1 fully saturated rings. The fraction of sp³-hybridized carbons (Fsp3) is 0.500. The van der Waals surface area contributed by atoms with Gasteiger partial charge >= 0.3 is 0 Å². The Bertz CT molecular complexity index is 606. The lowest BCUT2D eigenvalue weighted by Crippen LogP contribution is -2.30. The van der Waals surface area contributed by atoms with Crippen molar-refractivity contribution in [3.63, 3.8) is 0 Å². The topological polar surface area (TPSA) is 119 Å². The second kappa shape index (κ2) is 4.37. The molecule has 1 aliphatic heterocycles. The minimum absolute atomic E-state index is 0.161. The van der Waals surface area contributed by atoms with Crippen LogP contribution < -0.4 is 5.73 Å². The zero-order valence-electron chi connectivity index (χ0n) is 9.72. The third-order valence-electron chi connectivity index (χ3n) is 3.15. The SMILES string of the molecule is Nc1ncnn2c([C@@H]3O[C@H](CO)[C@@H](O)[C@H]3F)cnc12. The minimum atomic E-state index is -1.67. The summed E-state index contributed by atoms with van der Waals surface area (Å²) in [5.41, 5.74) is 6.22. The second-order valence-corrected chi connectivity index (χ2v) is 4.28. The van der Waals surface area contributed by atoms with Crippen LogP contribution in [0.4, 0.5) is 10.2 Å². The average molecular weight is 269 g/mol. The van der Waals surface area contributed by atoms with Gasteiger partial charge in [0.05, 0.1) is 18.5 Å². The van der Waals surface area contributed by atoms with Crippen LogP contribution in [0.2, 0.25) is 0 Å². The molecule has 3 heterocycles. The number of nitrogens with two attached hydrogens (primary N) is 1. The summed E-state index contributed by atoms with van der Waals surface area (Å²) in [4.78, 5) is 7.77. The van der Waals surface area contributed by atoms with Gasteiger partial charge < -0.3 is 20.7 Å². The molecule has 4 atom stereocenters. The van der Waals surface area contributed by atoms with Crippen molar-refractivity contribution < 1.29 is 19.3 Å². The van der Waals surface area contributed by atoms with Gasteiger partial charge in [-0.25, -0.2) is 18.9 Å². The standard InChI is InChI=1S/C10H12FN5O3/c11-6-7(18)5(2-17)19-8(6)4-1-13-10-9(12)14-3-15-16(4)10/h1,3,5-8,17-18H,2H2,(H2,12,14,15)/t5-,6-,7-,8+/m1/s1. The molecule has 0 bridgehead atoms. The Balaban J connectivity index is 2.04. The van der Waals surface area contributed by atoms with Crippen LogP contribution in [0.1, 0.15) is 11.8 Å². The first-order valence-corrected chi connectivity index (χ1v) is 5.66. The third-order valence-corrected chi connectivity index (χ3v) is 3.15. The van der Waals surface area contributed by atoms with Crippen LogP contribution in [0.5, 0.6) is 0 Å². The molecule has 19 heavy (non-hydrogen) atoms. The van der Waals surface area contributed by atoms with Gasteiger partial charge in [-0.3, -0.25) is 0 Å². The Kier molecular flexibility index (Phi) is 2.81. The third kappa shape index (κ3) is 1.74. The van der Waals surface area contributed by atoms with Gasteiger partial charge in [-0.15, -0.1) is 0 Å². The second-order valence-electron chi connectivity index (χ2n) is 4.28. The molecule has 8 nitrogen and oxygen atoms in total. The van der Waals surface area contributed by atoms with E-state index in [0.717, 1.165) is 0 Å². The predicted octanol–water partition coefficient (Wildman–Crippen LogP) is -1.16. The van der Waals surface area contributed by atoms with Gasteiger partial charge in [0.2, 0.25) is 0 Å². The number of aliphatic hydroxyl groups is 2. The van der Waals surface area contributed by atoms with Crippen molar-refractivity contribution in [3.05, 3.63) is 18.2 Å². The van der Waals surface area contributed by atoms with E-state index in [-0.39, 0.29) is 11.5 Å². The lowest BCUT2D eigenvalue weighted by molar-refractivity contribution is -0.0241. The van der Waals surface area contributed by atoms with Gasteiger partial charge in [-0.05, 0) is 0 Å². The Morgan fingerprint density at radius 1 is 1.47 bits per heavy atom. The molecule has 2 aromatic rings. The molecule has 0 spiro atoms. The van der Waals surface area contributed by atoms with Crippen molar-refractivity contribution in [2.45, 2.75) is 24.5 Å². The van der Waals surface area contributed by atoms with E-state index in [2.05, 4.69) is 15.1 Å². The lowest BCUT2D eigenvalue weighted by Gasteiger charge is -2.11. The summed E-state index contributed by atoms with van der Waals surface area (Å²) >= 11 is 0. The van der Waals surface area contributed by atoms with E-state index in [9.17, 15) is 9.50 Å². The number of aliphatic hydroxyl groups excluding tert-OH is 2. The van der Waals surface area contributed by atoms with E-state index in [1.54, 1.807) is 0 Å². The Morgan fingerprint density at radius 3 is 2.95 bits per heavy atom. The van der Waals surface area contributed by atoms with Crippen molar-refractivity contribution in [1.29, 1.82) is 0 Å². The van der Waals surface area contributed by atoms with Crippen molar-refractivity contribution in [2.75, 3.05) is 12.3 Å². The molecule has 0 radical (unpaired) electrons. The summed E-state index contributed by atoms with van der Waals surface area (Å²) < 4.78 is 20.6. The number of alkyl halides is 1. The summed E-state index contributed by atoms with van der Waals surface area (Å²) in [5.74, 6) is 0.161. The highest BCUT2D eigenvalue weighted by Crippen LogP contribution is 2.35. The maximum absolute atomic E-state index is 14.0. The molecule has 9 heteroatoms. The van der Waals surface area contributed by atoms with Crippen molar-refractivity contribution in [3.8, 4) is 0 Å². The van der Waals surface area contributed by atoms with Crippen LogP contribution in [0, 0.1) is 0 Å². The molecule has 4 N–H and O–H groups in total. The summed E-state index contributed by atoms with van der Waals surface area (Å²) in [6.45, 7) is -0.466. The molecule has 1 aliphatic rings. The van der Waals surface area contributed by atoms with Crippen LogP contribution >= 0.6 is 0 Å². The highest BCUT2D eigenvalue weighted by Gasteiger charge is 2.46. The summed E-state index contributed by atoms with van der Waals surface area (Å²) in [7, 11) is 0. The number of fused-ring (bicyclic) bond motifs is 1. The van der Waals surface area contributed by atoms with Gasteiger partial charge in [0, 0.05) is 0 Å². The zero-order valence-corrected chi connectivity index (χ0v) is 9.72. The van der Waals surface area contributed by atoms with Crippen molar-refractivity contribution >= 4 is 11.5 Å². The normalized spacial score (nSPS) is 31.1. The van der Waals surface area contributed by atoms with Crippen molar-refractivity contribution in [2.24, 2.45) is 0 Å². The van der Waals surface area contributed by atoms with Gasteiger partial charge in [0.1, 0.15) is 24.6 Å². The van der Waals surface area contributed by atoms with E-state index < -0.39 is 31.1 Å². The number of halogens is 1. The number of ether oxygens (including phenoxy) is 1. The molecule has 3 rings (SSSR count). The van der Waals surface area contributed by atoms with Crippen LogP contribution in [-0.4, -0.2) is 54.8 Å². The first-order chi connectivity index (χ1) is 9.13. The van der Waals surface area contributed by atoms with E-state index in [4.69, 9.17) is 15.6 Å². The maximum atomic E-state index is 14.0. The Morgan fingerprint density at radius 2 is 2.26 bits per heavy atom. The summed E-state index contributed by atoms with van der Waals surface area (Å²) in [6.07, 6.45) is -2.51. The largest absolute Gasteiger partial charge is 0.394 e. The number of hydrogen-bond acceptors (Lipinski definition) is 7. The number of aromatic nitrogens is 4. The number of rotatable bonds is 2. The molecule has 102 valence electrons. The van der Waals surface area contributed by atoms with Crippen LogP contribution in [0.15, 0.2) is 12.5 Å². The van der Waals surface area contributed by atoms with Crippen molar-refractivity contribution in [1.82, 2.24) is 19.6 Å². The predicted molar refractivity (Wildman–Crippen MR) is 60.8 cm³/mol. The summed E-state index contributed by atoms with van der Waals surface area (Å²) in [6, 6.07) is 0. The molecule has 2 aromatic heterocycles. The van der Waals surface area contributed by atoms with Crippen LogP contribution in [0.25, 0.3) is 5.65 Å². The Hall–Kier alpha value is -1.84. The monoisotopic (exact) mass is 269 g/mol. The smallest absolute Gasteiger partial charge is 0.196 e. The van der Waals surface area contributed by atoms with Crippen LogP contribution in [-0.2, 0) is 4.74 Å². The summed E-state index contributed by atoms with van der Waals surface area (Å²) in [5, 5.41) is 22.5. The quantitative estimate of drug-likeness (QED) is 0.629. The van der Waals surface area contributed by atoms with Gasteiger partial charge in [-0.1, -0.05) is 0 Å². The minimum Gasteiger partial charge on any atom is -0.394 e. The van der Waals surface area contributed by atoms with E-state index in [0.29, 0.717) is 5.69 Å². The highest BCUT2D eigenvalue weighted by molar-refractivity contribution is 5.58. The molecule has 1 saturated heterocycles. The molecule has 0 amide bonds. The van der Waals surface area contributed by atoms with Gasteiger partial charge in [0.25, 0.3) is 0 Å². The van der Waals surface area contributed by atoms with Gasteiger partial charge in [-0.2, -0.15) is 5.10 Å². The van der Waals surface area contributed by atoms with Crippen LogP contribution in [0.3, 0.4) is 0 Å². The lowest BCUT2D eigenvalue weighted by atomic mass is 10.1. The van der Waals surface area contributed by atoms with E-state index in [1.165, 1.54) is 17.0 Å². The molecular formula is C10H12FN5O3. The van der Waals surface area contributed by atoms with Gasteiger partial charge in [0.15, 0.2) is 17.6 Å². The first-order valence-electron chi connectivity index (χ1n) is 5.66. The number of hydrogen-bond donors (Lipinski definition) is 3. The molecular weight excluding hydrogens is 257 g/mol. The number of anilines is 1.